The predicted molar refractivity (Wildman–Crippen MR) is 153 cm³/mol. The molecule has 38 heavy (non-hydrogen) atoms. The van der Waals surface area contributed by atoms with Crippen molar-refractivity contribution in [3.63, 3.8) is 0 Å². The fourth-order valence-electron chi connectivity index (χ4n) is 5.01. The van der Waals surface area contributed by atoms with Crippen molar-refractivity contribution >= 4 is 23.1 Å². The summed E-state index contributed by atoms with van der Waals surface area (Å²) in [5.41, 5.74) is 8.74. The number of aromatic nitrogens is 4. The molecule has 192 valence electrons. The van der Waals surface area contributed by atoms with Gasteiger partial charge in [0.2, 0.25) is 0 Å². The van der Waals surface area contributed by atoms with Crippen LogP contribution in [0.3, 0.4) is 0 Å². The van der Waals surface area contributed by atoms with Gasteiger partial charge in [0, 0.05) is 31.8 Å². The van der Waals surface area contributed by atoms with E-state index >= 15 is 0 Å². The van der Waals surface area contributed by atoms with Crippen molar-refractivity contribution < 1.29 is 9.53 Å². The molecule has 3 aromatic carbocycles. The largest absolute Gasteiger partial charge is 0.465 e. The predicted octanol–water partition coefficient (Wildman–Crippen LogP) is 6.84. The normalized spacial score (nSPS) is 11.2. The quantitative estimate of drug-likeness (QED) is 0.217. The van der Waals surface area contributed by atoms with Crippen molar-refractivity contribution in [2.24, 2.45) is 7.05 Å². The van der Waals surface area contributed by atoms with E-state index in [0.29, 0.717) is 12.1 Å². The van der Waals surface area contributed by atoms with Crippen LogP contribution in [0.15, 0.2) is 73.4 Å². The molecule has 0 unspecified atom stereocenters. The molecule has 0 saturated heterocycles. The number of aryl methyl sites for hydroxylation is 3. The molecule has 0 N–H and O–H groups in total. The number of hydrogen-bond donors (Lipinski definition) is 0. The summed E-state index contributed by atoms with van der Waals surface area (Å²) in [6, 6.07) is 20.3. The van der Waals surface area contributed by atoms with E-state index < -0.39 is 0 Å². The lowest BCUT2D eigenvalue weighted by Crippen LogP contribution is -2.06. The molecule has 0 amide bonds. The third-order valence-electron chi connectivity index (χ3n) is 6.90. The van der Waals surface area contributed by atoms with Gasteiger partial charge in [0.25, 0.3) is 0 Å². The SMILES string of the molecule is C=Cc1cn(C)c(-c2cc(C)c3nc(CCC)n(Cc4ccc(-c5ccccc5C(=O)OC)cc4)c3c2)n1. The third-order valence-corrected chi connectivity index (χ3v) is 6.90. The number of hydrogen-bond acceptors (Lipinski definition) is 4. The molecule has 0 atom stereocenters. The van der Waals surface area contributed by atoms with Gasteiger partial charge < -0.3 is 13.9 Å². The Morgan fingerprint density at radius 2 is 1.82 bits per heavy atom. The van der Waals surface area contributed by atoms with Crippen LogP contribution in [0.2, 0.25) is 0 Å². The van der Waals surface area contributed by atoms with Crippen LogP contribution in [0.4, 0.5) is 0 Å². The van der Waals surface area contributed by atoms with E-state index in [1.54, 1.807) is 12.1 Å². The molecule has 0 radical (unpaired) electrons. The number of ether oxygens (including phenoxy) is 1. The lowest BCUT2D eigenvalue weighted by molar-refractivity contribution is 0.0601. The monoisotopic (exact) mass is 504 g/mol. The molecule has 0 aliphatic carbocycles. The van der Waals surface area contributed by atoms with E-state index in [-0.39, 0.29) is 5.97 Å². The molecule has 2 heterocycles. The van der Waals surface area contributed by atoms with Gasteiger partial charge in [-0.3, -0.25) is 0 Å². The van der Waals surface area contributed by atoms with Crippen LogP contribution in [-0.4, -0.2) is 32.2 Å². The van der Waals surface area contributed by atoms with Crippen molar-refractivity contribution in [3.05, 3.63) is 102 Å². The minimum atomic E-state index is -0.335. The Labute approximate surface area is 223 Å². The molecular formula is C32H32N4O2. The standard InChI is InChI=1S/C32H32N4O2/c1-6-10-29-34-30-21(3)17-24(31-33-25(7-2)20-35(31)4)18-28(30)36(29)19-22-13-15-23(16-14-22)26-11-8-9-12-27(26)32(37)38-5/h7-9,11-18,20H,2,6,10,19H2,1,3-5H3. The van der Waals surface area contributed by atoms with E-state index in [2.05, 4.69) is 61.4 Å². The van der Waals surface area contributed by atoms with Crippen LogP contribution in [0.5, 0.6) is 0 Å². The minimum absolute atomic E-state index is 0.335. The van der Waals surface area contributed by atoms with Crippen LogP contribution in [-0.2, 0) is 24.8 Å². The maximum Gasteiger partial charge on any atom is 0.338 e. The van der Waals surface area contributed by atoms with Gasteiger partial charge in [0.05, 0.1) is 29.4 Å². The van der Waals surface area contributed by atoms with Crippen LogP contribution in [0.1, 0.15) is 46.3 Å². The Balaban J connectivity index is 1.55. The van der Waals surface area contributed by atoms with Crippen LogP contribution in [0.25, 0.3) is 39.6 Å². The number of fused-ring (bicyclic) bond motifs is 1. The van der Waals surface area contributed by atoms with Gasteiger partial charge in [0.1, 0.15) is 11.6 Å². The Hall–Kier alpha value is -4.45. The van der Waals surface area contributed by atoms with Crippen LogP contribution in [0, 0.1) is 6.92 Å². The third kappa shape index (κ3) is 4.65. The zero-order chi connectivity index (χ0) is 26.8. The van der Waals surface area contributed by atoms with Gasteiger partial charge >= 0.3 is 5.97 Å². The number of esters is 1. The Kier molecular flexibility index (Phi) is 6.97. The number of rotatable bonds is 8. The zero-order valence-corrected chi connectivity index (χ0v) is 22.4. The Morgan fingerprint density at radius 3 is 2.50 bits per heavy atom. The first kappa shape index (κ1) is 25.2. The van der Waals surface area contributed by atoms with E-state index in [0.717, 1.165) is 69.0 Å². The van der Waals surface area contributed by atoms with E-state index in [9.17, 15) is 4.79 Å². The van der Waals surface area contributed by atoms with Crippen LogP contribution < -0.4 is 0 Å². The summed E-state index contributed by atoms with van der Waals surface area (Å²) in [4.78, 5) is 22.1. The maximum atomic E-state index is 12.3. The van der Waals surface area contributed by atoms with Gasteiger partial charge in [-0.15, -0.1) is 0 Å². The highest BCUT2D eigenvalue weighted by Crippen LogP contribution is 2.30. The van der Waals surface area contributed by atoms with Crippen molar-refractivity contribution in [3.8, 4) is 22.5 Å². The Bertz CT molecular complexity index is 1640. The second kappa shape index (κ2) is 10.5. The molecule has 0 spiro atoms. The highest BCUT2D eigenvalue weighted by molar-refractivity contribution is 5.97. The van der Waals surface area contributed by atoms with Crippen molar-refractivity contribution in [2.45, 2.75) is 33.2 Å². The number of nitrogens with zero attached hydrogens (tertiary/aromatic N) is 4. The molecule has 5 aromatic rings. The first-order chi connectivity index (χ1) is 18.4. The Morgan fingerprint density at radius 1 is 1.05 bits per heavy atom. The van der Waals surface area contributed by atoms with E-state index in [1.165, 1.54) is 7.11 Å². The second-order valence-electron chi connectivity index (χ2n) is 9.56. The van der Waals surface area contributed by atoms with Gasteiger partial charge in [-0.1, -0.05) is 56.0 Å². The van der Waals surface area contributed by atoms with E-state index in [4.69, 9.17) is 14.7 Å². The van der Waals surface area contributed by atoms with Crippen LogP contribution >= 0.6 is 0 Å². The topological polar surface area (TPSA) is 61.9 Å². The molecule has 0 bridgehead atoms. The number of carbonyl (C=O) groups excluding carboxylic acids is 1. The first-order valence-electron chi connectivity index (χ1n) is 12.9. The minimum Gasteiger partial charge on any atom is -0.465 e. The average molecular weight is 505 g/mol. The lowest BCUT2D eigenvalue weighted by atomic mass is 9.98. The molecule has 6 nitrogen and oxygen atoms in total. The first-order valence-corrected chi connectivity index (χ1v) is 12.9. The highest BCUT2D eigenvalue weighted by Gasteiger charge is 2.17. The van der Waals surface area contributed by atoms with Gasteiger partial charge in [-0.25, -0.2) is 14.8 Å². The maximum absolute atomic E-state index is 12.3. The summed E-state index contributed by atoms with van der Waals surface area (Å²) in [5.74, 6) is 1.65. The number of imidazole rings is 2. The van der Waals surface area contributed by atoms with Gasteiger partial charge in [-0.05, 0) is 59.9 Å². The number of methoxy groups -OCH3 is 1. The van der Waals surface area contributed by atoms with Crippen molar-refractivity contribution in [1.29, 1.82) is 0 Å². The molecule has 0 saturated carbocycles. The molecule has 0 aliphatic rings. The molecule has 5 rings (SSSR count). The highest BCUT2D eigenvalue weighted by atomic mass is 16.5. The van der Waals surface area contributed by atoms with Gasteiger partial charge in [-0.2, -0.15) is 0 Å². The van der Waals surface area contributed by atoms with E-state index in [1.807, 2.05) is 36.0 Å². The molecular weight excluding hydrogens is 472 g/mol. The fraction of sp³-hybridized carbons (Fsp3) is 0.219. The summed E-state index contributed by atoms with van der Waals surface area (Å²) in [7, 11) is 3.42. The zero-order valence-electron chi connectivity index (χ0n) is 22.4. The number of carbonyl (C=O) groups is 1. The summed E-state index contributed by atoms with van der Waals surface area (Å²) >= 11 is 0. The number of benzene rings is 3. The van der Waals surface area contributed by atoms with Gasteiger partial charge in [0.15, 0.2) is 0 Å². The van der Waals surface area contributed by atoms with Crippen molar-refractivity contribution in [2.75, 3.05) is 7.11 Å². The summed E-state index contributed by atoms with van der Waals surface area (Å²) in [5, 5.41) is 0. The van der Waals surface area contributed by atoms with Crippen molar-refractivity contribution in [1.82, 2.24) is 19.1 Å². The average Bonchev–Trinajstić information content (AvgIpc) is 3.49. The second-order valence-corrected chi connectivity index (χ2v) is 9.56. The summed E-state index contributed by atoms with van der Waals surface area (Å²) in [6.07, 6.45) is 5.67. The molecule has 6 heteroatoms. The summed E-state index contributed by atoms with van der Waals surface area (Å²) in [6.45, 7) is 8.86. The fourth-order valence-corrected chi connectivity index (χ4v) is 5.01. The summed E-state index contributed by atoms with van der Waals surface area (Å²) < 4.78 is 9.34. The molecule has 0 aliphatic heterocycles. The molecule has 0 fully saturated rings. The molecule has 2 aromatic heterocycles. The smallest absolute Gasteiger partial charge is 0.338 e. The lowest BCUT2D eigenvalue weighted by Gasteiger charge is -2.12.